The maximum atomic E-state index is 11.8. The van der Waals surface area contributed by atoms with Gasteiger partial charge in [-0.3, -0.25) is 19.8 Å². The van der Waals surface area contributed by atoms with Crippen LogP contribution in [0.5, 0.6) is 0 Å². The SMILES string of the molecule is O=C1CC(S(=O)(=O)Cl)CN1c1ncc([N+](=O)[O-])cc1Br. The van der Waals surface area contributed by atoms with E-state index in [2.05, 4.69) is 20.9 Å². The first kappa shape index (κ1) is 15.1. The lowest BCUT2D eigenvalue weighted by Crippen LogP contribution is -2.27. The molecule has 20 heavy (non-hydrogen) atoms. The van der Waals surface area contributed by atoms with Gasteiger partial charge in [0.1, 0.15) is 17.3 Å². The molecule has 2 rings (SSSR count). The Bertz CT molecular complexity index is 695. The topological polar surface area (TPSA) is 110 Å². The van der Waals surface area contributed by atoms with Crippen LogP contribution in [0.2, 0.25) is 0 Å². The molecule has 2 heterocycles. The molecule has 1 aliphatic heterocycles. The fourth-order valence-electron chi connectivity index (χ4n) is 1.79. The van der Waals surface area contributed by atoms with Crippen molar-refractivity contribution in [2.75, 3.05) is 11.4 Å². The van der Waals surface area contributed by atoms with E-state index in [0.717, 1.165) is 11.1 Å². The maximum Gasteiger partial charge on any atom is 0.288 e. The van der Waals surface area contributed by atoms with Crippen molar-refractivity contribution in [3.8, 4) is 0 Å². The van der Waals surface area contributed by atoms with E-state index in [0.29, 0.717) is 0 Å². The molecule has 0 bridgehead atoms. The summed E-state index contributed by atoms with van der Waals surface area (Å²) in [7, 11) is 1.38. The monoisotopic (exact) mass is 383 g/mol. The molecule has 8 nitrogen and oxygen atoms in total. The van der Waals surface area contributed by atoms with E-state index in [9.17, 15) is 23.3 Å². The van der Waals surface area contributed by atoms with Gasteiger partial charge in [0.2, 0.25) is 15.0 Å². The van der Waals surface area contributed by atoms with Crippen molar-refractivity contribution in [1.82, 2.24) is 4.98 Å². The van der Waals surface area contributed by atoms with Crippen molar-refractivity contribution in [3.05, 3.63) is 26.9 Å². The number of carbonyl (C=O) groups is 1. The van der Waals surface area contributed by atoms with E-state index in [1.807, 2.05) is 0 Å². The minimum absolute atomic E-state index is 0.128. The normalized spacial score (nSPS) is 19.4. The maximum absolute atomic E-state index is 11.8. The smallest absolute Gasteiger partial charge is 0.288 e. The summed E-state index contributed by atoms with van der Waals surface area (Å²) in [6.45, 7) is -0.131. The van der Waals surface area contributed by atoms with Crippen LogP contribution >= 0.6 is 26.6 Å². The third-order valence-corrected chi connectivity index (χ3v) is 5.21. The lowest BCUT2D eigenvalue weighted by atomic mass is 10.4. The van der Waals surface area contributed by atoms with Gasteiger partial charge in [-0.25, -0.2) is 13.4 Å². The summed E-state index contributed by atoms with van der Waals surface area (Å²) in [5.41, 5.74) is -0.242. The summed E-state index contributed by atoms with van der Waals surface area (Å²) < 4.78 is 22.7. The van der Waals surface area contributed by atoms with E-state index in [4.69, 9.17) is 10.7 Å². The highest BCUT2D eigenvalue weighted by atomic mass is 79.9. The molecule has 1 saturated heterocycles. The standard InChI is InChI=1S/C9H7BrClN3O5S/c10-7-1-5(14(16)17)3-12-9(7)13-4-6(2-8(13)15)20(11,18)19/h1,3,6H,2,4H2. The number of hydrogen-bond acceptors (Lipinski definition) is 6. The van der Waals surface area contributed by atoms with Crippen LogP contribution in [0.3, 0.4) is 0 Å². The summed E-state index contributed by atoms with van der Waals surface area (Å²) in [4.78, 5) is 26.8. The number of nitrogens with zero attached hydrogens (tertiary/aromatic N) is 3. The Balaban J connectivity index is 2.33. The fourth-order valence-corrected chi connectivity index (χ4v) is 3.36. The number of carbonyl (C=O) groups excluding carboxylic acids is 1. The largest absolute Gasteiger partial charge is 0.294 e. The van der Waals surface area contributed by atoms with Gasteiger partial charge in [-0.1, -0.05) is 0 Å². The van der Waals surface area contributed by atoms with Crippen molar-refractivity contribution in [2.24, 2.45) is 0 Å². The van der Waals surface area contributed by atoms with Crippen LogP contribution in [0.4, 0.5) is 11.5 Å². The van der Waals surface area contributed by atoms with E-state index in [-0.39, 0.29) is 28.9 Å². The zero-order chi connectivity index (χ0) is 15.1. The quantitative estimate of drug-likeness (QED) is 0.443. The molecule has 0 N–H and O–H groups in total. The molecular weight excluding hydrogens is 378 g/mol. The molecule has 0 saturated carbocycles. The van der Waals surface area contributed by atoms with Crippen molar-refractivity contribution < 1.29 is 18.1 Å². The third-order valence-electron chi connectivity index (χ3n) is 2.76. The summed E-state index contributed by atoms with van der Waals surface area (Å²) in [6, 6.07) is 1.19. The lowest BCUT2D eigenvalue weighted by molar-refractivity contribution is -0.385. The predicted octanol–water partition coefficient (Wildman–Crippen LogP) is 1.43. The van der Waals surface area contributed by atoms with Crippen molar-refractivity contribution >= 4 is 53.1 Å². The van der Waals surface area contributed by atoms with Gasteiger partial charge in [0.05, 0.1) is 9.40 Å². The average molecular weight is 385 g/mol. The van der Waals surface area contributed by atoms with Gasteiger partial charge in [0.15, 0.2) is 0 Å². The van der Waals surface area contributed by atoms with E-state index in [1.54, 1.807) is 0 Å². The highest BCUT2D eigenvalue weighted by molar-refractivity contribution is 9.10. The van der Waals surface area contributed by atoms with Gasteiger partial charge in [0, 0.05) is 29.7 Å². The van der Waals surface area contributed by atoms with Crippen molar-refractivity contribution in [1.29, 1.82) is 0 Å². The van der Waals surface area contributed by atoms with Crippen LogP contribution < -0.4 is 4.90 Å². The van der Waals surface area contributed by atoms with Crippen LogP contribution in [-0.2, 0) is 13.8 Å². The highest BCUT2D eigenvalue weighted by Crippen LogP contribution is 2.32. The number of amides is 1. The Morgan fingerprint density at radius 3 is 2.65 bits per heavy atom. The minimum Gasteiger partial charge on any atom is -0.294 e. The summed E-state index contributed by atoms with van der Waals surface area (Å²) in [5, 5.41) is 9.59. The average Bonchev–Trinajstić information content (AvgIpc) is 2.71. The zero-order valence-electron chi connectivity index (χ0n) is 9.69. The second-order valence-electron chi connectivity index (χ2n) is 4.06. The highest BCUT2D eigenvalue weighted by Gasteiger charge is 2.39. The number of halogens is 2. The first-order valence-corrected chi connectivity index (χ1v) is 8.40. The van der Waals surface area contributed by atoms with Crippen LogP contribution in [0, 0.1) is 10.1 Å². The van der Waals surface area contributed by atoms with Crippen molar-refractivity contribution in [2.45, 2.75) is 11.7 Å². The van der Waals surface area contributed by atoms with Gasteiger partial charge in [-0.05, 0) is 15.9 Å². The summed E-state index contributed by atoms with van der Waals surface area (Å²) >= 11 is 3.08. The molecule has 11 heteroatoms. The van der Waals surface area contributed by atoms with Gasteiger partial charge in [-0.2, -0.15) is 0 Å². The molecule has 1 fully saturated rings. The Morgan fingerprint density at radius 2 is 2.20 bits per heavy atom. The van der Waals surface area contributed by atoms with Crippen LogP contribution in [0.1, 0.15) is 6.42 Å². The molecule has 1 atom stereocenters. The van der Waals surface area contributed by atoms with Crippen LogP contribution in [0.15, 0.2) is 16.7 Å². The second-order valence-corrected chi connectivity index (χ2v) is 7.82. The summed E-state index contributed by atoms with van der Waals surface area (Å²) in [5.74, 6) is -0.329. The molecule has 0 radical (unpaired) electrons. The number of pyridine rings is 1. The molecule has 0 aromatic carbocycles. The van der Waals surface area contributed by atoms with Gasteiger partial charge >= 0.3 is 0 Å². The summed E-state index contributed by atoms with van der Waals surface area (Å²) in [6.07, 6.45) is 0.757. The third kappa shape index (κ3) is 2.91. The fraction of sp³-hybridized carbons (Fsp3) is 0.333. The molecular formula is C9H7BrClN3O5S. The number of rotatable bonds is 3. The van der Waals surface area contributed by atoms with Gasteiger partial charge < -0.3 is 0 Å². The van der Waals surface area contributed by atoms with Gasteiger partial charge in [-0.15, -0.1) is 0 Å². The van der Waals surface area contributed by atoms with Crippen molar-refractivity contribution in [3.63, 3.8) is 0 Å². The number of hydrogen-bond donors (Lipinski definition) is 0. The Kier molecular flexibility index (Phi) is 3.98. The molecule has 1 unspecified atom stereocenters. The van der Waals surface area contributed by atoms with Gasteiger partial charge in [0.25, 0.3) is 5.69 Å². The van der Waals surface area contributed by atoms with E-state index >= 15 is 0 Å². The van der Waals surface area contributed by atoms with E-state index in [1.165, 1.54) is 6.07 Å². The molecule has 108 valence electrons. The molecule has 1 aromatic heterocycles. The number of anilines is 1. The molecule has 1 amide bonds. The second kappa shape index (κ2) is 5.26. The predicted molar refractivity (Wildman–Crippen MR) is 74.1 cm³/mol. The van der Waals surface area contributed by atoms with Crippen LogP contribution in [-0.4, -0.2) is 36.0 Å². The number of nitro groups is 1. The Labute approximate surface area is 126 Å². The first-order chi connectivity index (χ1) is 9.20. The zero-order valence-corrected chi connectivity index (χ0v) is 12.9. The molecule has 1 aromatic rings. The first-order valence-electron chi connectivity index (χ1n) is 5.24. The molecule has 1 aliphatic rings. The van der Waals surface area contributed by atoms with E-state index < -0.39 is 25.1 Å². The molecule has 0 aliphatic carbocycles. The Hall–Kier alpha value is -1.26. The number of aromatic nitrogens is 1. The van der Waals surface area contributed by atoms with Crippen LogP contribution in [0.25, 0.3) is 0 Å². The molecule has 0 spiro atoms. The minimum atomic E-state index is -3.85. The lowest BCUT2D eigenvalue weighted by Gasteiger charge is -2.16. The Morgan fingerprint density at radius 1 is 1.55 bits per heavy atom.